The van der Waals surface area contributed by atoms with Gasteiger partial charge in [-0.25, -0.2) is 4.68 Å². The summed E-state index contributed by atoms with van der Waals surface area (Å²) < 4.78 is 1.67. The Labute approximate surface area is 144 Å². The van der Waals surface area contributed by atoms with Crippen LogP contribution in [0.2, 0.25) is 0 Å². The van der Waals surface area contributed by atoms with E-state index in [4.69, 9.17) is 0 Å². The molecule has 1 aromatic heterocycles. The molecular formula is C18H16N4O3. The minimum atomic E-state index is -0.529. The van der Waals surface area contributed by atoms with Crippen LogP contribution in [-0.4, -0.2) is 20.6 Å². The van der Waals surface area contributed by atoms with Gasteiger partial charge in [-0.1, -0.05) is 35.9 Å². The first-order chi connectivity index (χ1) is 12.0. The fourth-order valence-electron chi connectivity index (χ4n) is 2.50. The Hall–Kier alpha value is -3.48. The van der Waals surface area contributed by atoms with E-state index in [1.54, 1.807) is 16.9 Å². The van der Waals surface area contributed by atoms with Gasteiger partial charge in [-0.15, -0.1) is 0 Å². The monoisotopic (exact) mass is 336 g/mol. The summed E-state index contributed by atoms with van der Waals surface area (Å²) in [5, 5.41) is 17.8. The van der Waals surface area contributed by atoms with Crippen molar-refractivity contribution in [1.82, 2.24) is 9.78 Å². The summed E-state index contributed by atoms with van der Waals surface area (Å²) in [4.78, 5) is 22.7. The molecule has 1 N–H and O–H groups in total. The van der Waals surface area contributed by atoms with Crippen molar-refractivity contribution < 1.29 is 9.72 Å². The minimum Gasteiger partial charge on any atom is -0.307 e. The minimum absolute atomic E-state index is 0.124. The van der Waals surface area contributed by atoms with E-state index in [0.29, 0.717) is 12.4 Å². The van der Waals surface area contributed by atoms with Gasteiger partial charge in [-0.2, -0.15) is 5.10 Å². The van der Waals surface area contributed by atoms with Gasteiger partial charge < -0.3 is 5.32 Å². The number of carbonyl (C=O) groups excluding carboxylic acids is 1. The van der Waals surface area contributed by atoms with Gasteiger partial charge in [-0.3, -0.25) is 14.9 Å². The summed E-state index contributed by atoms with van der Waals surface area (Å²) >= 11 is 0. The first-order valence-corrected chi connectivity index (χ1v) is 7.66. The summed E-state index contributed by atoms with van der Waals surface area (Å²) in [5.74, 6) is 0.104. The molecule has 0 aliphatic rings. The Morgan fingerprint density at radius 3 is 2.76 bits per heavy atom. The molecule has 0 spiro atoms. The summed E-state index contributed by atoms with van der Waals surface area (Å²) in [6.07, 6.45) is 1.60. The van der Waals surface area contributed by atoms with Gasteiger partial charge in [0.05, 0.1) is 17.7 Å². The summed E-state index contributed by atoms with van der Waals surface area (Å²) in [6, 6.07) is 15.3. The van der Waals surface area contributed by atoms with Gasteiger partial charge in [-0.05, 0) is 18.6 Å². The van der Waals surface area contributed by atoms with Gasteiger partial charge in [0, 0.05) is 23.8 Å². The smallest absolute Gasteiger partial charge is 0.270 e. The third kappa shape index (κ3) is 3.89. The van der Waals surface area contributed by atoms with Crippen molar-refractivity contribution >= 4 is 17.4 Å². The molecule has 7 heteroatoms. The number of nitro benzene ring substituents is 1. The lowest BCUT2D eigenvalue weighted by atomic mass is 10.1. The molecule has 0 aliphatic heterocycles. The highest BCUT2D eigenvalue weighted by atomic mass is 16.6. The predicted octanol–water partition coefficient (Wildman–Crippen LogP) is 3.40. The summed E-state index contributed by atoms with van der Waals surface area (Å²) in [6.45, 7) is 2.52. The van der Waals surface area contributed by atoms with Crippen LogP contribution in [0.3, 0.4) is 0 Å². The van der Waals surface area contributed by atoms with Crippen molar-refractivity contribution in [2.75, 3.05) is 5.32 Å². The molecule has 3 aromatic rings. The van der Waals surface area contributed by atoms with E-state index in [2.05, 4.69) is 10.4 Å². The van der Waals surface area contributed by atoms with Gasteiger partial charge in [0.1, 0.15) is 5.82 Å². The average molecular weight is 336 g/mol. The highest BCUT2D eigenvalue weighted by Crippen LogP contribution is 2.16. The van der Waals surface area contributed by atoms with E-state index in [1.807, 2.05) is 31.2 Å². The molecule has 7 nitrogen and oxygen atoms in total. The largest absolute Gasteiger partial charge is 0.307 e. The second kappa shape index (κ2) is 6.96. The quantitative estimate of drug-likeness (QED) is 0.571. The second-order valence-corrected chi connectivity index (χ2v) is 5.62. The molecule has 2 aromatic carbocycles. The Morgan fingerprint density at radius 2 is 2.00 bits per heavy atom. The van der Waals surface area contributed by atoms with Crippen LogP contribution >= 0.6 is 0 Å². The van der Waals surface area contributed by atoms with Crippen molar-refractivity contribution in [2.45, 2.75) is 13.5 Å². The first kappa shape index (κ1) is 16.4. The number of nitro groups is 1. The van der Waals surface area contributed by atoms with Gasteiger partial charge in [0.15, 0.2) is 0 Å². The van der Waals surface area contributed by atoms with E-state index in [0.717, 1.165) is 11.1 Å². The lowest BCUT2D eigenvalue weighted by Gasteiger charge is -2.09. The molecule has 0 aliphatic carbocycles. The standard InChI is InChI=1S/C18H16N4O3/c1-13-4-2-5-14(10-13)12-21-17(8-9-19-21)20-18(23)15-6-3-7-16(11-15)22(24)25/h2-11H,12H2,1H3,(H,20,23). The van der Waals surface area contributed by atoms with Crippen LogP contribution in [0.1, 0.15) is 21.5 Å². The van der Waals surface area contributed by atoms with E-state index >= 15 is 0 Å². The van der Waals surface area contributed by atoms with Crippen LogP contribution < -0.4 is 5.32 Å². The number of aryl methyl sites for hydroxylation is 1. The summed E-state index contributed by atoms with van der Waals surface area (Å²) in [7, 11) is 0. The number of benzene rings is 2. The first-order valence-electron chi connectivity index (χ1n) is 7.66. The van der Waals surface area contributed by atoms with E-state index in [9.17, 15) is 14.9 Å². The van der Waals surface area contributed by atoms with Crippen molar-refractivity contribution in [2.24, 2.45) is 0 Å². The second-order valence-electron chi connectivity index (χ2n) is 5.62. The van der Waals surface area contributed by atoms with Crippen LogP contribution in [0.15, 0.2) is 60.8 Å². The molecular weight excluding hydrogens is 320 g/mol. The zero-order chi connectivity index (χ0) is 17.8. The van der Waals surface area contributed by atoms with Crippen LogP contribution in [-0.2, 0) is 6.54 Å². The zero-order valence-corrected chi connectivity index (χ0v) is 13.5. The SMILES string of the molecule is Cc1cccc(Cn2nccc2NC(=O)c2cccc([N+](=O)[O-])c2)c1. The number of amides is 1. The third-order valence-corrected chi connectivity index (χ3v) is 3.69. The van der Waals surface area contributed by atoms with Crippen molar-refractivity contribution in [1.29, 1.82) is 0 Å². The van der Waals surface area contributed by atoms with Crippen LogP contribution in [0.5, 0.6) is 0 Å². The normalized spacial score (nSPS) is 10.4. The molecule has 0 atom stereocenters. The molecule has 1 amide bonds. The Bertz CT molecular complexity index is 933. The molecule has 126 valence electrons. The maximum atomic E-state index is 12.4. The number of hydrogen-bond donors (Lipinski definition) is 1. The van der Waals surface area contributed by atoms with Crippen LogP contribution in [0.4, 0.5) is 11.5 Å². The van der Waals surface area contributed by atoms with Gasteiger partial charge in [0.2, 0.25) is 0 Å². The van der Waals surface area contributed by atoms with E-state index < -0.39 is 10.8 Å². The molecule has 0 saturated carbocycles. The van der Waals surface area contributed by atoms with Gasteiger partial charge >= 0.3 is 0 Å². The number of aromatic nitrogens is 2. The lowest BCUT2D eigenvalue weighted by Crippen LogP contribution is -2.16. The highest BCUT2D eigenvalue weighted by Gasteiger charge is 2.13. The predicted molar refractivity (Wildman–Crippen MR) is 93.6 cm³/mol. The van der Waals surface area contributed by atoms with Crippen molar-refractivity contribution in [3.05, 3.63) is 87.6 Å². The topological polar surface area (TPSA) is 90.1 Å². The Kier molecular flexibility index (Phi) is 4.56. The third-order valence-electron chi connectivity index (χ3n) is 3.69. The van der Waals surface area contributed by atoms with E-state index in [-0.39, 0.29) is 11.3 Å². The van der Waals surface area contributed by atoms with Crippen molar-refractivity contribution in [3.63, 3.8) is 0 Å². The van der Waals surface area contributed by atoms with E-state index in [1.165, 1.54) is 24.3 Å². The highest BCUT2D eigenvalue weighted by molar-refractivity contribution is 6.04. The number of hydrogen-bond acceptors (Lipinski definition) is 4. The molecule has 0 saturated heterocycles. The van der Waals surface area contributed by atoms with Crippen molar-refractivity contribution in [3.8, 4) is 0 Å². The molecule has 25 heavy (non-hydrogen) atoms. The number of carbonyl (C=O) groups is 1. The number of rotatable bonds is 5. The average Bonchev–Trinajstić information content (AvgIpc) is 3.01. The maximum Gasteiger partial charge on any atom is 0.270 e. The fraction of sp³-hybridized carbons (Fsp3) is 0.111. The van der Waals surface area contributed by atoms with Crippen LogP contribution in [0.25, 0.3) is 0 Å². The zero-order valence-electron chi connectivity index (χ0n) is 13.5. The number of nitrogens with one attached hydrogen (secondary N) is 1. The molecule has 3 rings (SSSR count). The molecule has 0 radical (unpaired) electrons. The summed E-state index contributed by atoms with van der Waals surface area (Å²) in [5.41, 5.74) is 2.31. The number of anilines is 1. The molecule has 0 fully saturated rings. The molecule has 1 heterocycles. The number of nitrogens with zero attached hydrogens (tertiary/aromatic N) is 3. The molecule has 0 unspecified atom stereocenters. The Balaban J connectivity index is 1.78. The van der Waals surface area contributed by atoms with Gasteiger partial charge in [0.25, 0.3) is 11.6 Å². The Morgan fingerprint density at radius 1 is 1.20 bits per heavy atom. The lowest BCUT2D eigenvalue weighted by molar-refractivity contribution is -0.384. The van der Waals surface area contributed by atoms with Crippen LogP contribution in [0, 0.1) is 17.0 Å². The maximum absolute atomic E-state index is 12.4. The fourth-order valence-corrected chi connectivity index (χ4v) is 2.50. The number of non-ortho nitro benzene ring substituents is 1. The molecule has 0 bridgehead atoms.